The van der Waals surface area contributed by atoms with Crippen molar-refractivity contribution >= 4 is 5.69 Å². The molecule has 9 heteroatoms. The van der Waals surface area contributed by atoms with Crippen molar-refractivity contribution in [2.75, 3.05) is 6.61 Å². The Kier molecular flexibility index (Phi) is 3.08. The van der Waals surface area contributed by atoms with E-state index in [2.05, 4.69) is 0 Å². The van der Waals surface area contributed by atoms with E-state index >= 15 is 0 Å². The summed E-state index contributed by atoms with van der Waals surface area (Å²) in [5.41, 5.74) is 0.341. The van der Waals surface area contributed by atoms with E-state index in [1.165, 1.54) is 43.1 Å². The first-order valence-corrected chi connectivity index (χ1v) is 7.46. The van der Waals surface area contributed by atoms with Crippen LogP contribution in [-0.2, 0) is 14.1 Å². The number of nitrogens with zero attached hydrogens (tertiary/aromatic N) is 3. The van der Waals surface area contributed by atoms with Crippen molar-refractivity contribution in [1.82, 2.24) is 9.13 Å². The third kappa shape index (κ3) is 2.02. The molecule has 1 aromatic heterocycles. The maximum atomic E-state index is 12.7. The Morgan fingerprint density at radius 1 is 1.24 bits per heavy atom. The topological polar surface area (TPSA) is 106 Å². The van der Waals surface area contributed by atoms with E-state index in [1.807, 2.05) is 0 Å². The minimum absolute atomic E-state index is 0.0988. The molecule has 0 N–H and O–H groups in total. The van der Waals surface area contributed by atoms with Crippen LogP contribution in [0.1, 0.15) is 17.0 Å². The average Bonchev–Trinajstić information content (AvgIpc) is 2.62. The maximum absolute atomic E-state index is 12.7. The normalized spacial score (nSPS) is 17.4. The number of nitro benzene ring substituents is 1. The van der Waals surface area contributed by atoms with Crippen LogP contribution >= 0.6 is 0 Å². The second kappa shape index (κ2) is 5.07. The molecular formula is C16H13N3O6. The number of ether oxygens (including phenoxy) is 2. The summed E-state index contributed by atoms with van der Waals surface area (Å²) in [6, 6.07) is 4.27. The van der Waals surface area contributed by atoms with Crippen LogP contribution in [0, 0.1) is 10.1 Å². The van der Waals surface area contributed by atoms with Crippen molar-refractivity contribution in [3.05, 3.63) is 72.1 Å². The van der Waals surface area contributed by atoms with Crippen molar-refractivity contribution in [3.63, 3.8) is 0 Å². The van der Waals surface area contributed by atoms with Gasteiger partial charge in [-0.25, -0.2) is 4.79 Å². The van der Waals surface area contributed by atoms with Crippen LogP contribution in [0.5, 0.6) is 11.6 Å². The summed E-state index contributed by atoms with van der Waals surface area (Å²) in [4.78, 5) is 35.5. The molecule has 25 heavy (non-hydrogen) atoms. The van der Waals surface area contributed by atoms with Gasteiger partial charge in [0.05, 0.1) is 22.7 Å². The van der Waals surface area contributed by atoms with Gasteiger partial charge in [-0.15, -0.1) is 0 Å². The number of non-ortho nitro benzene ring substituents is 1. The minimum atomic E-state index is -0.558. The highest BCUT2D eigenvalue weighted by atomic mass is 16.6. The zero-order valence-electron chi connectivity index (χ0n) is 13.4. The van der Waals surface area contributed by atoms with Gasteiger partial charge in [0, 0.05) is 37.4 Å². The molecule has 0 amide bonds. The predicted octanol–water partition coefficient (Wildman–Crippen LogP) is 0.793. The molecule has 2 aliphatic heterocycles. The van der Waals surface area contributed by atoms with Crippen LogP contribution < -0.4 is 20.7 Å². The van der Waals surface area contributed by atoms with Crippen molar-refractivity contribution in [2.45, 2.75) is 5.92 Å². The van der Waals surface area contributed by atoms with E-state index in [0.29, 0.717) is 16.9 Å². The highest BCUT2D eigenvalue weighted by Gasteiger charge is 2.37. The summed E-state index contributed by atoms with van der Waals surface area (Å²) in [5.74, 6) is 0.0515. The summed E-state index contributed by atoms with van der Waals surface area (Å²) in [7, 11) is 2.89. The van der Waals surface area contributed by atoms with Crippen LogP contribution in [-0.4, -0.2) is 20.7 Å². The van der Waals surface area contributed by atoms with Gasteiger partial charge in [0.2, 0.25) is 5.88 Å². The fraction of sp³-hybridized carbons (Fsp3) is 0.250. The Morgan fingerprint density at radius 3 is 2.72 bits per heavy atom. The average molecular weight is 343 g/mol. The zero-order chi connectivity index (χ0) is 17.9. The molecule has 4 rings (SSSR count). The summed E-state index contributed by atoms with van der Waals surface area (Å²) < 4.78 is 13.4. The second-order valence-corrected chi connectivity index (χ2v) is 5.94. The molecule has 128 valence electrons. The third-order valence-electron chi connectivity index (χ3n) is 4.53. The van der Waals surface area contributed by atoms with Gasteiger partial charge in [0.1, 0.15) is 12.4 Å². The monoisotopic (exact) mass is 343 g/mol. The van der Waals surface area contributed by atoms with E-state index < -0.39 is 22.1 Å². The van der Waals surface area contributed by atoms with E-state index in [1.54, 1.807) is 0 Å². The van der Waals surface area contributed by atoms with Gasteiger partial charge in [-0.2, -0.15) is 0 Å². The molecule has 0 radical (unpaired) electrons. The van der Waals surface area contributed by atoms with Crippen LogP contribution in [0.3, 0.4) is 0 Å². The lowest BCUT2D eigenvalue weighted by atomic mass is 9.83. The maximum Gasteiger partial charge on any atom is 0.333 e. The van der Waals surface area contributed by atoms with Gasteiger partial charge >= 0.3 is 5.69 Å². The largest absolute Gasteiger partial charge is 0.489 e. The van der Waals surface area contributed by atoms with Gasteiger partial charge in [0.15, 0.2) is 0 Å². The van der Waals surface area contributed by atoms with Crippen LogP contribution in [0.15, 0.2) is 39.6 Å². The number of fused-ring (bicyclic) bond motifs is 5. The van der Waals surface area contributed by atoms with Crippen LogP contribution in [0.25, 0.3) is 0 Å². The number of aromatic nitrogens is 2. The van der Waals surface area contributed by atoms with Gasteiger partial charge in [-0.3, -0.25) is 24.0 Å². The molecule has 2 aromatic rings. The quantitative estimate of drug-likeness (QED) is 0.560. The van der Waals surface area contributed by atoms with Gasteiger partial charge in [-0.05, 0) is 6.07 Å². The summed E-state index contributed by atoms with van der Waals surface area (Å²) in [6.45, 7) is 0.195. The first kappa shape index (κ1) is 15.2. The molecule has 0 fully saturated rings. The van der Waals surface area contributed by atoms with Crippen molar-refractivity contribution < 1.29 is 14.4 Å². The second-order valence-electron chi connectivity index (χ2n) is 5.94. The highest BCUT2D eigenvalue weighted by Crippen LogP contribution is 2.45. The minimum Gasteiger partial charge on any atom is -0.489 e. The van der Waals surface area contributed by atoms with Crippen molar-refractivity contribution in [1.29, 1.82) is 0 Å². The first-order chi connectivity index (χ1) is 11.9. The standard InChI is InChI=1S/C16H13N3O6/c1-17-14(20)13-12-8(7-25-15(13)18(2)16(17)21)6-24-11-4-3-9(19(22)23)5-10(11)12/h3-5,7,12H,6H2,1-2H3. The number of hydrogen-bond donors (Lipinski definition) is 0. The summed E-state index contributed by atoms with van der Waals surface area (Å²) in [6.07, 6.45) is 1.44. The predicted molar refractivity (Wildman–Crippen MR) is 86.1 cm³/mol. The Morgan fingerprint density at radius 2 is 2.00 bits per heavy atom. The molecule has 0 saturated carbocycles. The van der Waals surface area contributed by atoms with E-state index in [4.69, 9.17) is 9.47 Å². The molecule has 2 aliphatic rings. The molecule has 0 saturated heterocycles. The molecule has 3 heterocycles. The Bertz CT molecular complexity index is 1080. The van der Waals surface area contributed by atoms with Crippen LogP contribution in [0.4, 0.5) is 5.69 Å². The smallest absolute Gasteiger partial charge is 0.333 e. The lowest BCUT2D eigenvalue weighted by Gasteiger charge is -2.32. The Labute approximate surface area is 140 Å². The molecule has 0 spiro atoms. The van der Waals surface area contributed by atoms with E-state index in [0.717, 1.165) is 4.57 Å². The van der Waals surface area contributed by atoms with Crippen molar-refractivity contribution in [2.24, 2.45) is 14.1 Å². The van der Waals surface area contributed by atoms with Gasteiger partial charge in [0.25, 0.3) is 11.2 Å². The lowest BCUT2D eigenvalue weighted by Crippen LogP contribution is -2.42. The number of hydrogen-bond acceptors (Lipinski definition) is 6. The van der Waals surface area contributed by atoms with Crippen molar-refractivity contribution in [3.8, 4) is 11.6 Å². The third-order valence-corrected chi connectivity index (χ3v) is 4.53. The molecule has 0 bridgehead atoms. The fourth-order valence-corrected chi connectivity index (χ4v) is 3.27. The number of benzene rings is 1. The first-order valence-electron chi connectivity index (χ1n) is 7.46. The summed E-state index contributed by atoms with van der Waals surface area (Å²) in [5, 5.41) is 11.1. The fourth-order valence-electron chi connectivity index (χ4n) is 3.27. The highest BCUT2D eigenvalue weighted by molar-refractivity contribution is 5.57. The van der Waals surface area contributed by atoms with E-state index in [-0.39, 0.29) is 23.7 Å². The molecule has 9 nitrogen and oxygen atoms in total. The van der Waals surface area contributed by atoms with Crippen LogP contribution in [0.2, 0.25) is 0 Å². The van der Waals surface area contributed by atoms with E-state index in [9.17, 15) is 19.7 Å². The summed E-state index contributed by atoms with van der Waals surface area (Å²) >= 11 is 0. The lowest BCUT2D eigenvalue weighted by molar-refractivity contribution is -0.385. The zero-order valence-corrected chi connectivity index (χ0v) is 13.4. The molecular weight excluding hydrogens is 330 g/mol. The molecule has 1 aromatic carbocycles. The van der Waals surface area contributed by atoms with Gasteiger partial charge < -0.3 is 9.47 Å². The molecule has 1 atom stereocenters. The molecule has 1 unspecified atom stereocenters. The number of nitro groups is 1. The Balaban J connectivity index is 2.05. The number of rotatable bonds is 1. The Hall–Kier alpha value is -3.36. The molecule has 0 aliphatic carbocycles. The SMILES string of the molecule is Cn1c2c(c(=O)n(C)c1=O)C1C(=CO2)COc2ccc([N+](=O)[O-])cc21. The van der Waals surface area contributed by atoms with Gasteiger partial charge in [-0.1, -0.05) is 0 Å².